The SMILES string of the molecule is CCCCCCC[C@H]1CC[C@H](C2CCC([C@@H]3CC[C@](C)(C(=O)OCCC)C(=O)C3)CC2)CC1. The van der Waals surface area contributed by atoms with Crippen LogP contribution in [0.3, 0.4) is 0 Å². The van der Waals surface area contributed by atoms with Gasteiger partial charge in [0.1, 0.15) is 11.2 Å². The number of esters is 1. The van der Waals surface area contributed by atoms with Crippen LogP contribution in [0.4, 0.5) is 0 Å². The van der Waals surface area contributed by atoms with Crippen LogP contribution < -0.4 is 0 Å². The van der Waals surface area contributed by atoms with Crippen molar-refractivity contribution in [2.24, 2.45) is 35.0 Å². The molecule has 3 heteroatoms. The smallest absolute Gasteiger partial charge is 0.319 e. The first-order valence-electron chi connectivity index (χ1n) is 14.7. The lowest BCUT2D eigenvalue weighted by atomic mass is 9.62. The highest BCUT2D eigenvalue weighted by Crippen LogP contribution is 2.47. The summed E-state index contributed by atoms with van der Waals surface area (Å²) in [7, 11) is 0. The Morgan fingerprint density at radius 2 is 1.36 bits per heavy atom. The number of carbonyl (C=O) groups is 2. The van der Waals surface area contributed by atoms with Crippen molar-refractivity contribution in [1.29, 1.82) is 0 Å². The van der Waals surface area contributed by atoms with Gasteiger partial charge in [-0.15, -0.1) is 0 Å². The quantitative estimate of drug-likeness (QED) is 0.177. The van der Waals surface area contributed by atoms with E-state index in [1.54, 1.807) is 0 Å². The summed E-state index contributed by atoms with van der Waals surface area (Å²) < 4.78 is 5.35. The molecule has 3 rings (SSSR count). The average molecular weight is 461 g/mol. The van der Waals surface area contributed by atoms with Crippen LogP contribution in [0.2, 0.25) is 0 Å². The molecule has 0 amide bonds. The van der Waals surface area contributed by atoms with Crippen LogP contribution >= 0.6 is 0 Å². The zero-order chi connectivity index (χ0) is 23.7. The van der Waals surface area contributed by atoms with Crippen LogP contribution in [-0.2, 0) is 14.3 Å². The third-order valence-electron chi connectivity index (χ3n) is 9.72. The minimum Gasteiger partial charge on any atom is -0.465 e. The molecule has 33 heavy (non-hydrogen) atoms. The first kappa shape index (κ1) is 26.7. The van der Waals surface area contributed by atoms with E-state index in [9.17, 15) is 9.59 Å². The highest BCUT2D eigenvalue weighted by Gasteiger charge is 2.47. The van der Waals surface area contributed by atoms with E-state index in [0.29, 0.717) is 31.3 Å². The molecule has 0 saturated heterocycles. The van der Waals surface area contributed by atoms with Crippen molar-refractivity contribution in [3.8, 4) is 0 Å². The van der Waals surface area contributed by atoms with E-state index < -0.39 is 5.41 Å². The van der Waals surface area contributed by atoms with Crippen LogP contribution in [-0.4, -0.2) is 18.4 Å². The predicted molar refractivity (Wildman–Crippen MR) is 136 cm³/mol. The van der Waals surface area contributed by atoms with Gasteiger partial charge >= 0.3 is 5.97 Å². The van der Waals surface area contributed by atoms with Crippen molar-refractivity contribution in [2.75, 3.05) is 6.61 Å². The first-order valence-corrected chi connectivity index (χ1v) is 14.7. The zero-order valence-corrected chi connectivity index (χ0v) is 22.0. The fourth-order valence-corrected chi connectivity index (χ4v) is 7.22. The molecule has 3 nitrogen and oxygen atoms in total. The molecule has 0 aromatic carbocycles. The summed E-state index contributed by atoms with van der Waals surface area (Å²) in [6.45, 7) is 6.54. The standard InChI is InChI=1S/C30H52O3/c1-4-6-7-8-9-10-23-11-13-24(14-12-23)25-15-17-26(18-16-25)27-19-20-30(3,28(31)22-27)29(32)33-21-5-2/h23-27H,4-22H2,1-3H3/t23-,24-,25?,26?,27-,30+/m1/s1. The van der Waals surface area contributed by atoms with E-state index in [4.69, 9.17) is 4.74 Å². The number of rotatable bonds is 11. The molecule has 190 valence electrons. The normalized spacial score (nSPS) is 35.4. The molecule has 2 atom stereocenters. The van der Waals surface area contributed by atoms with E-state index in [-0.39, 0.29) is 11.8 Å². The van der Waals surface area contributed by atoms with E-state index in [0.717, 1.165) is 30.6 Å². The van der Waals surface area contributed by atoms with Gasteiger partial charge in [-0.3, -0.25) is 9.59 Å². The maximum atomic E-state index is 12.9. The van der Waals surface area contributed by atoms with Gasteiger partial charge in [-0.2, -0.15) is 0 Å². The van der Waals surface area contributed by atoms with Crippen LogP contribution in [0.5, 0.6) is 0 Å². The fraction of sp³-hybridized carbons (Fsp3) is 0.933. The number of unbranched alkanes of at least 4 members (excludes halogenated alkanes) is 4. The van der Waals surface area contributed by atoms with Crippen LogP contribution in [0.25, 0.3) is 0 Å². The summed E-state index contributed by atoms with van der Waals surface area (Å²) in [4.78, 5) is 25.4. The number of ether oxygens (including phenoxy) is 1. The Morgan fingerprint density at radius 1 is 0.788 bits per heavy atom. The predicted octanol–water partition coefficient (Wildman–Crippen LogP) is 8.29. The Labute approximate surface area is 204 Å². The molecule has 3 aliphatic carbocycles. The second-order valence-electron chi connectivity index (χ2n) is 12.1. The van der Waals surface area contributed by atoms with Crippen LogP contribution in [0, 0.1) is 35.0 Å². The first-order chi connectivity index (χ1) is 16.0. The average Bonchev–Trinajstić information content (AvgIpc) is 2.84. The summed E-state index contributed by atoms with van der Waals surface area (Å²) in [5.41, 5.74) is -0.891. The van der Waals surface area contributed by atoms with Gasteiger partial charge in [-0.25, -0.2) is 0 Å². The minimum absolute atomic E-state index is 0.134. The molecule has 0 heterocycles. The largest absolute Gasteiger partial charge is 0.465 e. The lowest BCUT2D eigenvalue weighted by Gasteiger charge is -2.42. The molecular weight excluding hydrogens is 408 g/mol. The Morgan fingerprint density at radius 3 is 1.94 bits per heavy atom. The maximum absolute atomic E-state index is 12.9. The second-order valence-corrected chi connectivity index (χ2v) is 12.1. The molecule has 3 aliphatic rings. The number of hydrogen-bond donors (Lipinski definition) is 0. The third-order valence-corrected chi connectivity index (χ3v) is 9.72. The summed E-state index contributed by atoms with van der Waals surface area (Å²) >= 11 is 0. The highest BCUT2D eigenvalue weighted by atomic mass is 16.5. The molecule has 0 spiro atoms. The zero-order valence-electron chi connectivity index (χ0n) is 22.0. The molecule has 0 radical (unpaired) electrons. The molecule has 3 saturated carbocycles. The molecule has 3 fully saturated rings. The van der Waals surface area contributed by atoms with Gasteiger partial charge in [0.2, 0.25) is 0 Å². The van der Waals surface area contributed by atoms with E-state index in [1.807, 2.05) is 13.8 Å². The van der Waals surface area contributed by atoms with Crippen molar-refractivity contribution in [3.63, 3.8) is 0 Å². The van der Waals surface area contributed by atoms with E-state index in [1.165, 1.54) is 89.9 Å². The van der Waals surface area contributed by atoms with Crippen molar-refractivity contribution >= 4 is 11.8 Å². The topological polar surface area (TPSA) is 43.4 Å². The summed E-state index contributed by atoms with van der Waals surface area (Å²) in [6.07, 6.45) is 22.9. The van der Waals surface area contributed by atoms with E-state index >= 15 is 0 Å². The fourth-order valence-electron chi connectivity index (χ4n) is 7.22. The highest BCUT2D eigenvalue weighted by molar-refractivity contribution is 6.04. The Kier molecular flexibility index (Phi) is 10.8. The Bertz CT molecular complexity index is 598. The Hall–Kier alpha value is -0.860. The second kappa shape index (κ2) is 13.3. The summed E-state index contributed by atoms with van der Waals surface area (Å²) in [5, 5.41) is 0. The molecule has 0 N–H and O–H groups in total. The van der Waals surface area contributed by atoms with Gasteiger partial charge in [-0.1, -0.05) is 65.2 Å². The Balaban J connectivity index is 1.35. The van der Waals surface area contributed by atoms with Crippen molar-refractivity contribution in [3.05, 3.63) is 0 Å². The number of ketones is 1. The number of hydrogen-bond acceptors (Lipinski definition) is 3. The van der Waals surface area contributed by atoms with Gasteiger partial charge in [-0.05, 0) is 94.3 Å². The number of Topliss-reactive ketones (excluding diaryl/α,β-unsaturated/α-hetero) is 1. The van der Waals surface area contributed by atoms with E-state index in [2.05, 4.69) is 6.92 Å². The van der Waals surface area contributed by atoms with Crippen LogP contribution in [0.1, 0.15) is 136 Å². The molecule has 0 aromatic rings. The summed E-state index contributed by atoms with van der Waals surface area (Å²) in [5.74, 6) is 3.94. The van der Waals surface area contributed by atoms with Gasteiger partial charge in [0.15, 0.2) is 0 Å². The molecular formula is C30H52O3. The monoisotopic (exact) mass is 460 g/mol. The van der Waals surface area contributed by atoms with Gasteiger partial charge in [0.25, 0.3) is 0 Å². The molecule has 0 unspecified atom stereocenters. The van der Waals surface area contributed by atoms with Gasteiger partial charge in [0, 0.05) is 6.42 Å². The maximum Gasteiger partial charge on any atom is 0.319 e. The lowest BCUT2D eigenvalue weighted by molar-refractivity contribution is -0.162. The van der Waals surface area contributed by atoms with Gasteiger partial charge < -0.3 is 4.74 Å². The van der Waals surface area contributed by atoms with Crippen LogP contribution in [0.15, 0.2) is 0 Å². The van der Waals surface area contributed by atoms with Crippen molar-refractivity contribution in [2.45, 2.75) is 136 Å². The third kappa shape index (κ3) is 7.31. The molecule has 0 bridgehead atoms. The van der Waals surface area contributed by atoms with Gasteiger partial charge in [0.05, 0.1) is 6.61 Å². The minimum atomic E-state index is -0.891. The van der Waals surface area contributed by atoms with Crippen molar-refractivity contribution < 1.29 is 14.3 Å². The number of carbonyl (C=O) groups excluding carboxylic acids is 2. The molecule has 0 aromatic heterocycles. The summed E-state index contributed by atoms with van der Waals surface area (Å²) in [6, 6.07) is 0. The molecule has 0 aliphatic heterocycles. The lowest BCUT2D eigenvalue weighted by Crippen LogP contribution is -2.44. The van der Waals surface area contributed by atoms with Crippen molar-refractivity contribution in [1.82, 2.24) is 0 Å².